The van der Waals surface area contributed by atoms with Crippen LogP contribution in [0.15, 0.2) is 24.3 Å². The van der Waals surface area contributed by atoms with Gasteiger partial charge in [0.25, 0.3) is 0 Å². The van der Waals surface area contributed by atoms with Gasteiger partial charge < -0.3 is 10.1 Å². The normalized spacial score (nSPS) is 20.4. The van der Waals surface area contributed by atoms with Gasteiger partial charge in [0.15, 0.2) is 0 Å². The van der Waals surface area contributed by atoms with Crippen molar-refractivity contribution in [3.05, 3.63) is 35.4 Å². The second-order valence-electron chi connectivity index (χ2n) is 4.12. The van der Waals surface area contributed by atoms with Crippen molar-refractivity contribution in [1.82, 2.24) is 5.32 Å². The molecular formula is C13H17NO2. The zero-order valence-corrected chi connectivity index (χ0v) is 9.53. The van der Waals surface area contributed by atoms with E-state index in [0.717, 1.165) is 25.1 Å². The van der Waals surface area contributed by atoms with Gasteiger partial charge in [-0.05, 0) is 36.9 Å². The Morgan fingerprint density at radius 2 is 2.25 bits per heavy atom. The summed E-state index contributed by atoms with van der Waals surface area (Å²) in [5.74, 6) is 0.199. The van der Waals surface area contributed by atoms with Gasteiger partial charge in [-0.25, -0.2) is 4.79 Å². The topological polar surface area (TPSA) is 38.3 Å². The molecule has 86 valence electrons. The summed E-state index contributed by atoms with van der Waals surface area (Å²) in [5, 5.41) is 3.37. The zero-order chi connectivity index (χ0) is 11.4. The monoisotopic (exact) mass is 219 g/mol. The fourth-order valence-corrected chi connectivity index (χ4v) is 2.27. The van der Waals surface area contributed by atoms with Gasteiger partial charge in [-0.15, -0.1) is 0 Å². The first-order chi connectivity index (χ1) is 7.83. The fourth-order valence-electron chi connectivity index (χ4n) is 2.27. The number of hydrogen-bond donors (Lipinski definition) is 1. The van der Waals surface area contributed by atoms with Crippen molar-refractivity contribution in [1.29, 1.82) is 0 Å². The van der Waals surface area contributed by atoms with Gasteiger partial charge in [0.05, 0.1) is 12.7 Å². The highest BCUT2D eigenvalue weighted by Crippen LogP contribution is 2.26. The minimum Gasteiger partial charge on any atom is -0.465 e. The molecule has 1 aliphatic heterocycles. The highest BCUT2D eigenvalue weighted by molar-refractivity contribution is 5.91. The van der Waals surface area contributed by atoms with Crippen LogP contribution in [0.5, 0.6) is 0 Å². The Bertz CT molecular complexity index is 370. The zero-order valence-electron chi connectivity index (χ0n) is 9.53. The van der Waals surface area contributed by atoms with Crippen LogP contribution in [0.2, 0.25) is 0 Å². The first kappa shape index (κ1) is 11.1. The molecule has 0 saturated carbocycles. The van der Waals surface area contributed by atoms with Gasteiger partial charge in [0.1, 0.15) is 0 Å². The van der Waals surface area contributed by atoms with E-state index in [-0.39, 0.29) is 5.97 Å². The third kappa shape index (κ3) is 2.25. The van der Waals surface area contributed by atoms with E-state index in [1.165, 1.54) is 13.5 Å². The number of esters is 1. The number of carbonyl (C=O) groups is 1. The van der Waals surface area contributed by atoms with E-state index in [9.17, 15) is 4.79 Å². The van der Waals surface area contributed by atoms with Crippen molar-refractivity contribution < 1.29 is 9.53 Å². The minimum atomic E-state index is -0.235. The number of benzene rings is 1. The van der Waals surface area contributed by atoms with E-state index in [4.69, 9.17) is 4.74 Å². The first-order valence-electron chi connectivity index (χ1n) is 5.71. The number of ether oxygens (including phenoxy) is 1. The molecule has 0 aromatic heterocycles. The van der Waals surface area contributed by atoms with Crippen LogP contribution in [0.1, 0.15) is 34.7 Å². The van der Waals surface area contributed by atoms with Crippen LogP contribution in [0.4, 0.5) is 0 Å². The maximum atomic E-state index is 11.6. The Labute approximate surface area is 95.8 Å². The second-order valence-corrected chi connectivity index (χ2v) is 4.12. The Morgan fingerprint density at radius 1 is 1.44 bits per heavy atom. The molecule has 0 unspecified atom stereocenters. The maximum absolute atomic E-state index is 11.6. The quantitative estimate of drug-likeness (QED) is 0.772. The van der Waals surface area contributed by atoms with Crippen LogP contribution in [-0.2, 0) is 4.74 Å². The minimum absolute atomic E-state index is 0.235. The highest BCUT2D eigenvalue weighted by atomic mass is 16.5. The van der Waals surface area contributed by atoms with E-state index >= 15 is 0 Å². The standard InChI is InChI=1S/C13H17NO2/c1-16-13(15)12-7-3-2-6-11(12)10-5-4-8-14-9-10/h2-3,6-7,10,14H,4-5,8-9H2,1H3/t10-/m1/s1. The Hall–Kier alpha value is -1.35. The van der Waals surface area contributed by atoms with Crippen LogP contribution in [0, 0.1) is 0 Å². The summed E-state index contributed by atoms with van der Waals surface area (Å²) in [6.07, 6.45) is 2.31. The lowest BCUT2D eigenvalue weighted by atomic mass is 9.88. The molecule has 1 fully saturated rings. The molecule has 0 amide bonds. The Kier molecular flexibility index (Phi) is 3.57. The van der Waals surface area contributed by atoms with E-state index in [0.29, 0.717) is 11.5 Å². The number of hydrogen-bond acceptors (Lipinski definition) is 3. The summed E-state index contributed by atoms with van der Waals surface area (Å²) in [4.78, 5) is 11.6. The molecule has 1 N–H and O–H groups in total. The maximum Gasteiger partial charge on any atom is 0.338 e. The van der Waals surface area contributed by atoms with Gasteiger partial charge in [-0.1, -0.05) is 18.2 Å². The molecule has 1 atom stereocenters. The molecule has 2 rings (SSSR count). The molecule has 16 heavy (non-hydrogen) atoms. The summed E-state index contributed by atoms with van der Waals surface area (Å²) in [5.41, 5.74) is 1.82. The SMILES string of the molecule is COC(=O)c1ccccc1[C@@H]1CCCNC1. The average Bonchev–Trinajstić information content (AvgIpc) is 2.39. The highest BCUT2D eigenvalue weighted by Gasteiger charge is 2.20. The van der Waals surface area contributed by atoms with E-state index < -0.39 is 0 Å². The van der Waals surface area contributed by atoms with Gasteiger partial charge >= 0.3 is 5.97 Å². The Morgan fingerprint density at radius 3 is 2.94 bits per heavy atom. The van der Waals surface area contributed by atoms with Crippen molar-refractivity contribution in [2.45, 2.75) is 18.8 Å². The van der Waals surface area contributed by atoms with Crippen LogP contribution >= 0.6 is 0 Å². The molecule has 1 aromatic rings. The number of methoxy groups -OCH3 is 1. The predicted octanol–water partition coefficient (Wildman–Crippen LogP) is 1.94. The summed E-state index contributed by atoms with van der Waals surface area (Å²) in [6, 6.07) is 7.74. The number of piperidine rings is 1. The predicted molar refractivity (Wildman–Crippen MR) is 62.6 cm³/mol. The third-order valence-electron chi connectivity index (χ3n) is 3.10. The van der Waals surface area contributed by atoms with Crippen LogP contribution in [-0.4, -0.2) is 26.2 Å². The summed E-state index contributed by atoms with van der Waals surface area (Å²) in [6.45, 7) is 2.03. The lowest BCUT2D eigenvalue weighted by Gasteiger charge is -2.24. The average molecular weight is 219 g/mol. The van der Waals surface area contributed by atoms with Crippen LogP contribution in [0.25, 0.3) is 0 Å². The first-order valence-corrected chi connectivity index (χ1v) is 5.71. The Balaban J connectivity index is 2.28. The van der Waals surface area contributed by atoms with Gasteiger partial charge in [0.2, 0.25) is 0 Å². The van der Waals surface area contributed by atoms with E-state index in [1.54, 1.807) is 0 Å². The van der Waals surface area contributed by atoms with E-state index in [2.05, 4.69) is 5.32 Å². The van der Waals surface area contributed by atoms with Crippen molar-refractivity contribution in [2.24, 2.45) is 0 Å². The molecule has 0 radical (unpaired) electrons. The van der Waals surface area contributed by atoms with Gasteiger partial charge in [-0.3, -0.25) is 0 Å². The number of carbonyl (C=O) groups excluding carboxylic acids is 1. The van der Waals surface area contributed by atoms with Crippen molar-refractivity contribution in [2.75, 3.05) is 20.2 Å². The molecule has 0 bridgehead atoms. The summed E-state index contributed by atoms with van der Waals surface area (Å²) in [7, 11) is 1.43. The van der Waals surface area contributed by atoms with Gasteiger partial charge in [-0.2, -0.15) is 0 Å². The molecule has 3 heteroatoms. The molecule has 0 spiro atoms. The van der Waals surface area contributed by atoms with Crippen molar-refractivity contribution in [3.8, 4) is 0 Å². The number of rotatable bonds is 2. The molecule has 1 aromatic carbocycles. The van der Waals surface area contributed by atoms with E-state index in [1.807, 2.05) is 24.3 Å². The van der Waals surface area contributed by atoms with Crippen molar-refractivity contribution in [3.63, 3.8) is 0 Å². The molecule has 0 aliphatic carbocycles. The van der Waals surface area contributed by atoms with Crippen LogP contribution in [0.3, 0.4) is 0 Å². The molecule has 1 aliphatic rings. The number of nitrogens with one attached hydrogen (secondary N) is 1. The van der Waals surface area contributed by atoms with Gasteiger partial charge in [0, 0.05) is 6.54 Å². The largest absolute Gasteiger partial charge is 0.465 e. The lowest BCUT2D eigenvalue weighted by molar-refractivity contribution is 0.0598. The smallest absolute Gasteiger partial charge is 0.338 e. The molecule has 1 heterocycles. The molecule has 1 saturated heterocycles. The summed E-state index contributed by atoms with van der Waals surface area (Å²) < 4.78 is 4.81. The molecular weight excluding hydrogens is 202 g/mol. The molecule has 3 nitrogen and oxygen atoms in total. The lowest BCUT2D eigenvalue weighted by Crippen LogP contribution is -2.29. The second kappa shape index (κ2) is 5.12. The van der Waals surface area contributed by atoms with Crippen LogP contribution < -0.4 is 5.32 Å². The third-order valence-corrected chi connectivity index (χ3v) is 3.10. The van der Waals surface area contributed by atoms with Crippen molar-refractivity contribution >= 4 is 5.97 Å². The fraction of sp³-hybridized carbons (Fsp3) is 0.462. The summed E-state index contributed by atoms with van der Waals surface area (Å²) >= 11 is 0.